The highest BCUT2D eigenvalue weighted by Gasteiger charge is 2.36. The third-order valence-corrected chi connectivity index (χ3v) is 7.13. The highest BCUT2D eigenvalue weighted by Crippen LogP contribution is 2.41. The van der Waals surface area contributed by atoms with E-state index in [1.165, 1.54) is 0 Å². The number of carbonyl (C=O) groups excluding carboxylic acids is 1. The molecule has 0 aliphatic carbocycles. The van der Waals surface area contributed by atoms with Crippen molar-refractivity contribution in [2.75, 3.05) is 27.3 Å². The van der Waals surface area contributed by atoms with Crippen LogP contribution in [0.4, 0.5) is 0 Å². The number of nitrogens with one attached hydrogen (secondary N) is 1. The molecule has 1 N–H and O–H groups in total. The lowest BCUT2D eigenvalue weighted by Gasteiger charge is -2.39. The molecule has 0 saturated carbocycles. The van der Waals surface area contributed by atoms with E-state index in [-0.39, 0.29) is 23.5 Å². The summed E-state index contributed by atoms with van der Waals surface area (Å²) < 4.78 is 22.2. The molecule has 1 atom stereocenters. The molecule has 2 aliphatic rings. The second-order valence-corrected chi connectivity index (χ2v) is 10.3. The second-order valence-electron chi connectivity index (χ2n) is 10.3. The lowest BCUT2D eigenvalue weighted by molar-refractivity contribution is -0.127. The Bertz CT molecular complexity index is 1230. The number of hydrogen-bond donors (Lipinski definition) is 1. The Hall–Kier alpha value is -3.59. The van der Waals surface area contributed by atoms with Crippen molar-refractivity contribution in [3.63, 3.8) is 0 Å². The maximum absolute atomic E-state index is 13.2. The number of likely N-dealkylation sites (tertiary alicyclic amines) is 1. The van der Waals surface area contributed by atoms with Crippen LogP contribution in [-0.2, 0) is 11.3 Å². The summed E-state index contributed by atoms with van der Waals surface area (Å²) in [5, 5.41) is 7.42. The van der Waals surface area contributed by atoms with Crippen molar-refractivity contribution in [2.45, 2.75) is 51.3 Å². The van der Waals surface area contributed by atoms with Crippen LogP contribution in [0.5, 0.6) is 17.2 Å². The molecular formula is C28H34N4O5. The number of aromatic nitrogens is 2. The van der Waals surface area contributed by atoms with Gasteiger partial charge in [0, 0.05) is 29.5 Å². The minimum Gasteiger partial charge on any atom is -0.497 e. The number of piperidine rings is 1. The third kappa shape index (κ3) is 5.72. The zero-order chi connectivity index (χ0) is 26.0. The molecule has 0 radical (unpaired) electrons. The zero-order valence-electron chi connectivity index (χ0n) is 21.8. The van der Waals surface area contributed by atoms with Gasteiger partial charge in [-0.2, -0.15) is 4.98 Å². The Morgan fingerprint density at radius 1 is 1.08 bits per heavy atom. The zero-order valence-corrected chi connectivity index (χ0v) is 21.8. The summed E-state index contributed by atoms with van der Waals surface area (Å²) in [4.78, 5) is 20.0. The molecule has 0 bridgehead atoms. The average Bonchev–Trinajstić information content (AvgIpc) is 3.36. The van der Waals surface area contributed by atoms with Gasteiger partial charge < -0.3 is 24.1 Å². The molecule has 37 heavy (non-hydrogen) atoms. The fourth-order valence-electron chi connectivity index (χ4n) is 5.10. The van der Waals surface area contributed by atoms with Gasteiger partial charge >= 0.3 is 0 Å². The lowest BCUT2D eigenvalue weighted by atomic mass is 9.88. The quantitative estimate of drug-likeness (QED) is 0.504. The van der Waals surface area contributed by atoms with Crippen LogP contribution in [0.15, 0.2) is 47.0 Å². The predicted octanol–water partition coefficient (Wildman–Crippen LogP) is 4.38. The predicted molar refractivity (Wildman–Crippen MR) is 137 cm³/mol. The third-order valence-electron chi connectivity index (χ3n) is 7.13. The molecule has 0 spiro atoms. The van der Waals surface area contributed by atoms with Crippen molar-refractivity contribution in [1.29, 1.82) is 0 Å². The molecule has 9 heteroatoms. The molecule has 2 aromatic carbocycles. The van der Waals surface area contributed by atoms with E-state index in [2.05, 4.69) is 20.4 Å². The van der Waals surface area contributed by atoms with Crippen LogP contribution in [0.1, 0.15) is 50.6 Å². The first kappa shape index (κ1) is 25.1. The molecule has 2 aliphatic heterocycles. The number of benzene rings is 2. The van der Waals surface area contributed by atoms with Crippen molar-refractivity contribution in [2.24, 2.45) is 5.92 Å². The SMILES string of the molecule is COc1ccc(-c2noc(CN3CCC(C(=O)NC4CC(C)(C)Oc5cc(OC)ccc54)CC3)n2)cc1. The Labute approximate surface area is 217 Å². The van der Waals surface area contributed by atoms with E-state index in [0.717, 1.165) is 54.3 Å². The standard InChI is InChI=1S/C28H34N4O5/c1-28(2)16-23(22-10-9-21(35-4)15-24(22)36-28)29-27(33)19-11-13-32(14-12-19)17-25-30-26(31-37-25)18-5-7-20(34-3)8-6-18/h5-10,15,19,23H,11-14,16-17H2,1-4H3,(H,29,33). The van der Waals surface area contributed by atoms with Crippen LogP contribution in [-0.4, -0.2) is 53.9 Å². The first-order valence-corrected chi connectivity index (χ1v) is 12.7. The summed E-state index contributed by atoms with van der Waals surface area (Å²) in [7, 11) is 3.27. The van der Waals surface area contributed by atoms with Gasteiger partial charge in [-0.15, -0.1) is 0 Å². The molecule has 196 valence electrons. The van der Waals surface area contributed by atoms with Crippen LogP contribution >= 0.6 is 0 Å². The Morgan fingerprint density at radius 3 is 2.49 bits per heavy atom. The van der Waals surface area contributed by atoms with Crippen molar-refractivity contribution >= 4 is 5.91 Å². The molecule has 3 heterocycles. The molecule has 1 unspecified atom stereocenters. The highest BCUT2D eigenvalue weighted by molar-refractivity contribution is 5.79. The Kier molecular flexibility index (Phi) is 7.06. The Balaban J connectivity index is 1.16. The van der Waals surface area contributed by atoms with E-state index >= 15 is 0 Å². The fourth-order valence-corrected chi connectivity index (χ4v) is 5.10. The van der Waals surface area contributed by atoms with E-state index in [1.807, 2.05) is 56.3 Å². The van der Waals surface area contributed by atoms with E-state index in [0.29, 0.717) is 24.7 Å². The molecule has 9 nitrogen and oxygen atoms in total. The van der Waals surface area contributed by atoms with Crippen LogP contribution in [0.25, 0.3) is 11.4 Å². The van der Waals surface area contributed by atoms with Crippen LogP contribution in [0, 0.1) is 5.92 Å². The minimum atomic E-state index is -0.380. The second kappa shape index (κ2) is 10.4. The first-order chi connectivity index (χ1) is 17.8. The number of hydrogen-bond acceptors (Lipinski definition) is 8. The van der Waals surface area contributed by atoms with Gasteiger partial charge in [-0.1, -0.05) is 5.16 Å². The summed E-state index contributed by atoms with van der Waals surface area (Å²) >= 11 is 0. The number of fused-ring (bicyclic) bond motifs is 1. The average molecular weight is 507 g/mol. The van der Waals surface area contributed by atoms with Gasteiger partial charge in [0.15, 0.2) is 0 Å². The van der Waals surface area contributed by atoms with Crippen molar-refractivity contribution < 1.29 is 23.5 Å². The molecule has 1 saturated heterocycles. The highest BCUT2D eigenvalue weighted by atomic mass is 16.5. The van der Waals surface area contributed by atoms with E-state index in [4.69, 9.17) is 18.7 Å². The van der Waals surface area contributed by atoms with Gasteiger partial charge in [0.2, 0.25) is 17.6 Å². The van der Waals surface area contributed by atoms with Gasteiger partial charge in [0.25, 0.3) is 0 Å². The summed E-state index contributed by atoms with van der Waals surface area (Å²) in [5.41, 5.74) is 1.49. The number of nitrogens with zero attached hydrogens (tertiary/aromatic N) is 3. The smallest absolute Gasteiger partial charge is 0.241 e. The van der Waals surface area contributed by atoms with Gasteiger partial charge in [0.05, 0.1) is 26.8 Å². The largest absolute Gasteiger partial charge is 0.497 e. The molecule has 1 fully saturated rings. The first-order valence-electron chi connectivity index (χ1n) is 12.7. The lowest BCUT2D eigenvalue weighted by Crippen LogP contribution is -2.45. The topological polar surface area (TPSA) is 99.0 Å². The molecular weight excluding hydrogens is 472 g/mol. The fraction of sp³-hybridized carbons (Fsp3) is 0.464. The number of carbonyl (C=O) groups is 1. The van der Waals surface area contributed by atoms with E-state index in [9.17, 15) is 4.79 Å². The van der Waals surface area contributed by atoms with Gasteiger partial charge in [-0.05, 0) is 76.2 Å². The van der Waals surface area contributed by atoms with Crippen molar-refractivity contribution in [3.05, 3.63) is 53.9 Å². The molecule has 1 amide bonds. The van der Waals surface area contributed by atoms with Crippen LogP contribution in [0.2, 0.25) is 0 Å². The maximum atomic E-state index is 13.2. The molecule has 3 aromatic rings. The summed E-state index contributed by atoms with van der Waals surface area (Å²) in [6.45, 7) is 6.26. The Morgan fingerprint density at radius 2 is 1.78 bits per heavy atom. The van der Waals surface area contributed by atoms with E-state index in [1.54, 1.807) is 14.2 Å². The van der Waals surface area contributed by atoms with Crippen LogP contribution in [0.3, 0.4) is 0 Å². The van der Waals surface area contributed by atoms with Crippen molar-refractivity contribution in [3.8, 4) is 28.6 Å². The number of rotatable bonds is 7. The van der Waals surface area contributed by atoms with Gasteiger partial charge in [-0.25, -0.2) is 0 Å². The normalized spacial score (nSPS) is 19.5. The number of methoxy groups -OCH3 is 2. The number of ether oxygens (including phenoxy) is 3. The summed E-state index contributed by atoms with van der Waals surface area (Å²) in [6, 6.07) is 13.3. The van der Waals surface area contributed by atoms with Crippen molar-refractivity contribution in [1.82, 2.24) is 20.4 Å². The molecule has 5 rings (SSSR count). The van der Waals surface area contributed by atoms with Crippen LogP contribution < -0.4 is 19.5 Å². The maximum Gasteiger partial charge on any atom is 0.241 e. The monoisotopic (exact) mass is 506 g/mol. The number of amides is 1. The van der Waals surface area contributed by atoms with Gasteiger partial charge in [0.1, 0.15) is 22.8 Å². The summed E-state index contributed by atoms with van der Waals surface area (Å²) in [6.07, 6.45) is 2.28. The summed E-state index contributed by atoms with van der Waals surface area (Å²) in [5.74, 6) is 3.50. The van der Waals surface area contributed by atoms with E-state index < -0.39 is 0 Å². The van der Waals surface area contributed by atoms with Gasteiger partial charge in [-0.3, -0.25) is 9.69 Å². The molecule has 1 aromatic heterocycles. The minimum absolute atomic E-state index is 0.0264.